The van der Waals surface area contributed by atoms with Crippen molar-refractivity contribution >= 4 is 0 Å². The number of rotatable bonds is 5. The van der Waals surface area contributed by atoms with E-state index in [4.69, 9.17) is 5.11 Å². The number of aliphatic hydroxyl groups excluding tert-OH is 1. The van der Waals surface area contributed by atoms with Crippen LogP contribution in [-0.4, -0.2) is 47.8 Å². The van der Waals surface area contributed by atoms with Crippen LogP contribution in [-0.2, 0) is 0 Å². The van der Waals surface area contributed by atoms with Gasteiger partial charge in [0.15, 0.2) is 0 Å². The van der Waals surface area contributed by atoms with Crippen molar-refractivity contribution in [3.63, 3.8) is 0 Å². The summed E-state index contributed by atoms with van der Waals surface area (Å²) in [5.74, 6) is 0.361. The molecule has 3 atom stereocenters. The average molecular weight is 212 g/mol. The normalized spacial score (nSPS) is 31.8. The Hall–Kier alpha value is -0.120. The van der Waals surface area contributed by atoms with Crippen LogP contribution in [0, 0.1) is 5.92 Å². The molecule has 2 fully saturated rings. The molecule has 0 aromatic heterocycles. The maximum absolute atomic E-state index is 9.08. The first-order valence-corrected chi connectivity index (χ1v) is 6.31. The average Bonchev–Trinajstić information content (AvgIpc) is 2.99. The van der Waals surface area contributed by atoms with Crippen molar-refractivity contribution in [3.8, 4) is 0 Å². The van der Waals surface area contributed by atoms with Gasteiger partial charge < -0.3 is 10.4 Å². The molecule has 0 bridgehead atoms. The van der Waals surface area contributed by atoms with E-state index in [1.165, 1.54) is 32.4 Å². The van der Waals surface area contributed by atoms with Crippen LogP contribution in [0.4, 0.5) is 0 Å². The molecule has 0 spiro atoms. The third-order valence-corrected chi connectivity index (χ3v) is 3.92. The van der Waals surface area contributed by atoms with Crippen LogP contribution in [0.25, 0.3) is 0 Å². The van der Waals surface area contributed by atoms with Gasteiger partial charge in [0.25, 0.3) is 0 Å². The van der Waals surface area contributed by atoms with E-state index in [2.05, 4.69) is 24.1 Å². The zero-order valence-corrected chi connectivity index (χ0v) is 9.95. The Bertz CT molecular complexity index is 206. The van der Waals surface area contributed by atoms with E-state index in [-0.39, 0.29) is 6.61 Å². The molecule has 3 unspecified atom stereocenters. The summed E-state index contributed by atoms with van der Waals surface area (Å²) >= 11 is 0. The predicted molar refractivity (Wildman–Crippen MR) is 61.8 cm³/mol. The Morgan fingerprint density at radius 2 is 2.07 bits per heavy atom. The van der Waals surface area contributed by atoms with Crippen LogP contribution in [0.2, 0.25) is 0 Å². The highest BCUT2D eigenvalue weighted by molar-refractivity contribution is 4.92. The fourth-order valence-electron chi connectivity index (χ4n) is 2.39. The largest absolute Gasteiger partial charge is 0.396 e. The van der Waals surface area contributed by atoms with Gasteiger partial charge in [-0.2, -0.15) is 0 Å². The molecule has 0 amide bonds. The summed E-state index contributed by atoms with van der Waals surface area (Å²) in [4.78, 5) is 2.62. The van der Waals surface area contributed by atoms with E-state index in [1.54, 1.807) is 0 Å². The first kappa shape index (κ1) is 11.4. The van der Waals surface area contributed by atoms with Gasteiger partial charge in [-0.05, 0) is 32.1 Å². The molecular weight excluding hydrogens is 188 g/mol. The molecule has 1 saturated heterocycles. The summed E-state index contributed by atoms with van der Waals surface area (Å²) in [5, 5.41) is 12.7. The summed E-state index contributed by atoms with van der Waals surface area (Å²) in [6.45, 7) is 7.05. The molecule has 2 rings (SSSR count). The van der Waals surface area contributed by atoms with Crippen molar-refractivity contribution < 1.29 is 5.11 Å². The van der Waals surface area contributed by atoms with Gasteiger partial charge >= 0.3 is 0 Å². The molecule has 1 saturated carbocycles. The first-order valence-electron chi connectivity index (χ1n) is 6.31. The Morgan fingerprint density at radius 1 is 1.33 bits per heavy atom. The lowest BCUT2D eigenvalue weighted by molar-refractivity contribution is 0.200. The van der Waals surface area contributed by atoms with Crippen LogP contribution in [0.5, 0.6) is 0 Å². The lowest BCUT2D eigenvalue weighted by Gasteiger charge is -2.24. The van der Waals surface area contributed by atoms with Gasteiger partial charge in [-0.3, -0.25) is 4.90 Å². The van der Waals surface area contributed by atoms with E-state index in [9.17, 15) is 0 Å². The third-order valence-electron chi connectivity index (χ3n) is 3.92. The Morgan fingerprint density at radius 3 is 2.67 bits per heavy atom. The minimum atomic E-state index is 0.285. The van der Waals surface area contributed by atoms with Crippen LogP contribution >= 0.6 is 0 Å². The number of likely N-dealkylation sites (tertiary alicyclic amines) is 1. The zero-order valence-electron chi connectivity index (χ0n) is 9.95. The van der Waals surface area contributed by atoms with E-state index >= 15 is 0 Å². The quantitative estimate of drug-likeness (QED) is 0.708. The highest BCUT2D eigenvalue weighted by atomic mass is 16.3. The second kappa shape index (κ2) is 4.81. The molecule has 2 aliphatic rings. The first-order chi connectivity index (χ1) is 7.20. The van der Waals surface area contributed by atoms with Crippen LogP contribution in [0.15, 0.2) is 0 Å². The second-order valence-electron chi connectivity index (χ2n) is 5.33. The highest BCUT2D eigenvalue weighted by Crippen LogP contribution is 2.29. The molecule has 15 heavy (non-hydrogen) atoms. The minimum absolute atomic E-state index is 0.285. The summed E-state index contributed by atoms with van der Waals surface area (Å²) in [7, 11) is 0. The lowest BCUT2D eigenvalue weighted by Crippen LogP contribution is -2.42. The van der Waals surface area contributed by atoms with Crippen molar-refractivity contribution in [2.24, 2.45) is 5.92 Å². The van der Waals surface area contributed by atoms with Crippen LogP contribution < -0.4 is 5.32 Å². The van der Waals surface area contributed by atoms with Gasteiger partial charge in [-0.25, -0.2) is 0 Å². The molecule has 0 aromatic rings. The van der Waals surface area contributed by atoms with Gasteiger partial charge in [0.1, 0.15) is 0 Å². The standard InChI is InChI=1S/C12H24N2O/c1-9(8-15)10(2)13-11-5-6-14(7-11)12-3-4-12/h9-13,15H,3-8H2,1-2H3. The van der Waals surface area contributed by atoms with Crippen molar-refractivity contribution in [2.75, 3.05) is 19.7 Å². The molecule has 88 valence electrons. The Kier molecular flexibility index (Phi) is 3.65. The smallest absolute Gasteiger partial charge is 0.0471 e. The van der Waals surface area contributed by atoms with E-state index in [0.29, 0.717) is 18.0 Å². The van der Waals surface area contributed by atoms with Crippen molar-refractivity contribution in [1.82, 2.24) is 10.2 Å². The number of hydrogen-bond acceptors (Lipinski definition) is 3. The van der Waals surface area contributed by atoms with Gasteiger partial charge in [0.05, 0.1) is 0 Å². The molecule has 1 heterocycles. The van der Waals surface area contributed by atoms with Gasteiger partial charge in [0.2, 0.25) is 0 Å². The number of nitrogens with zero attached hydrogens (tertiary/aromatic N) is 1. The number of hydrogen-bond donors (Lipinski definition) is 2. The summed E-state index contributed by atoms with van der Waals surface area (Å²) in [5.41, 5.74) is 0. The van der Waals surface area contributed by atoms with E-state index < -0.39 is 0 Å². The molecular formula is C12H24N2O. The molecule has 1 aliphatic heterocycles. The fraction of sp³-hybridized carbons (Fsp3) is 1.00. The van der Waals surface area contributed by atoms with Crippen LogP contribution in [0.3, 0.4) is 0 Å². The SMILES string of the molecule is CC(CO)C(C)NC1CCN(C2CC2)C1. The van der Waals surface area contributed by atoms with Gasteiger partial charge in [-0.1, -0.05) is 6.92 Å². The van der Waals surface area contributed by atoms with Gasteiger partial charge in [-0.15, -0.1) is 0 Å². The monoisotopic (exact) mass is 212 g/mol. The van der Waals surface area contributed by atoms with E-state index in [1.807, 2.05) is 0 Å². The topological polar surface area (TPSA) is 35.5 Å². The molecule has 3 nitrogen and oxygen atoms in total. The molecule has 0 aromatic carbocycles. The Labute approximate surface area is 92.8 Å². The minimum Gasteiger partial charge on any atom is -0.396 e. The summed E-state index contributed by atoms with van der Waals surface area (Å²) in [6.07, 6.45) is 4.10. The maximum Gasteiger partial charge on any atom is 0.0471 e. The maximum atomic E-state index is 9.08. The molecule has 1 aliphatic carbocycles. The number of nitrogens with one attached hydrogen (secondary N) is 1. The number of aliphatic hydroxyl groups is 1. The lowest BCUT2D eigenvalue weighted by atomic mass is 10.0. The third kappa shape index (κ3) is 2.92. The van der Waals surface area contributed by atoms with Crippen LogP contribution in [0.1, 0.15) is 33.1 Å². The highest BCUT2D eigenvalue weighted by Gasteiger charge is 2.34. The van der Waals surface area contributed by atoms with E-state index in [0.717, 1.165) is 6.04 Å². The molecule has 2 N–H and O–H groups in total. The summed E-state index contributed by atoms with van der Waals surface area (Å²) in [6, 6.07) is 1.98. The fourth-order valence-corrected chi connectivity index (χ4v) is 2.39. The second-order valence-corrected chi connectivity index (χ2v) is 5.33. The Balaban J connectivity index is 1.71. The van der Waals surface area contributed by atoms with Crippen molar-refractivity contribution in [3.05, 3.63) is 0 Å². The molecule has 0 radical (unpaired) electrons. The molecule has 3 heteroatoms. The zero-order chi connectivity index (χ0) is 10.8. The summed E-state index contributed by atoms with van der Waals surface area (Å²) < 4.78 is 0. The van der Waals surface area contributed by atoms with Crippen molar-refractivity contribution in [1.29, 1.82) is 0 Å². The van der Waals surface area contributed by atoms with Gasteiger partial charge in [0, 0.05) is 37.8 Å². The predicted octanol–water partition coefficient (Wildman–Crippen LogP) is 0.830. The van der Waals surface area contributed by atoms with Crippen molar-refractivity contribution in [2.45, 2.75) is 51.2 Å².